The largest absolute Gasteiger partial charge is 0.493 e. The van der Waals surface area contributed by atoms with Gasteiger partial charge in [-0.15, -0.1) is 0 Å². The van der Waals surface area contributed by atoms with Crippen molar-refractivity contribution in [3.05, 3.63) is 29.3 Å². The van der Waals surface area contributed by atoms with Crippen molar-refractivity contribution in [1.82, 2.24) is 0 Å². The lowest BCUT2D eigenvalue weighted by atomic mass is 10.1. The van der Waals surface area contributed by atoms with E-state index in [4.69, 9.17) is 25.8 Å². The van der Waals surface area contributed by atoms with Crippen LogP contribution in [0.5, 0.6) is 17.2 Å². The summed E-state index contributed by atoms with van der Waals surface area (Å²) in [6.45, 7) is 2.59. The molecule has 0 aliphatic heterocycles. The summed E-state index contributed by atoms with van der Waals surface area (Å²) in [6, 6.07) is 6.43. The van der Waals surface area contributed by atoms with E-state index < -0.39 is 11.9 Å². The molecule has 0 atom stereocenters. The number of carbonyl (C=O) groups is 2. The first-order valence-corrected chi connectivity index (χ1v) is 6.47. The van der Waals surface area contributed by atoms with Gasteiger partial charge in [0.2, 0.25) is 0 Å². The van der Waals surface area contributed by atoms with Crippen molar-refractivity contribution in [2.24, 2.45) is 0 Å². The first-order valence-electron chi connectivity index (χ1n) is 6.09. The number of ether oxygens (including phenoxy) is 3. The number of rotatable bonds is 3. The van der Waals surface area contributed by atoms with E-state index in [9.17, 15) is 9.59 Å². The molecule has 0 radical (unpaired) electrons. The van der Waals surface area contributed by atoms with Crippen LogP contribution in [0.2, 0.25) is 5.02 Å². The van der Waals surface area contributed by atoms with Crippen LogP contribution in [-0.2, 0) is 9.59 Å². The minimum atomic E-state index is -0.482. The van der Waals surface area contributed by atoms with Gasteiger partial charge in [-0.25, -0.2) is 0 Å². The second-order valence-electron chi connectivity index (χ2n) is 4.28. The summed E-state index contributed by atoms with van der Waals surface area (Å²) >= 11 is 5.98. The Balaban J connectivity index is 2.77. The second-order valence-corrected chi connectivity index (χ2v) is 4.72. The summed E-state index contributed by atoms with van der Waals surface area (Å²) in [5.74, 6) is -0.125. The number of carbonyl (C=O) groups excluding carboxylic acids is 2. The number of methoxy groups -OCH3 is 1. The molecule has 2 aromatic rings. The maximum Gasteiger partial charge on any atom is 0.308 e. The Bertz CT molecular complexity index is 724. The Morgan fingerprint density at radius 2 is 1.62 bits per heavy atom. The van der Waals surface area contributed by atoms with Gasteiger partial charge >= 0.3 is 11.9 Å². The zero-order valence-electron chi connectivity index (χ0n) is 11.7. The van der Waals surface area contributed by atoms with Crippen LogP contribution in [0.1, 0.15) is 13.8 Å². The summed E-state index contributed by atoms with van der Waals surface area (Å²) in [5, 5.41) is 1.58. The van der Waals surface area contributed by atoms with E-state index in [0.717, 1.165) is 0 Å². The van der Waals surface area contributed by atoms with E-state index in [-0.39, 0.29) is 17.2 Å². The monoisotopic (exact) mass is 308 g/mol. The molecule has 0 unspecified atom stereocenters. The van der Waals surface area contributed by atoms with E-state index >= 15 is 0 Å². The summed E-state index contributed by atoms with van der Waals surface area (Å²) in [4.78, 5) is 22.5. The van der Waals surface area contributed by atoms with Gasteiger partial charge in [0.1, 0.15) is 5.75 Å². The molecule has 2 rings (SSSR count). The minimum Gasteiger partial charge on any atom is -0.493 e. The van der Waals surface area contributed by atoms with Crippen molar-refractivity contribution in [2.45, 2.75) is 13.8 Å². The molecular weight excluding hydrogens is 296 g/mol. The standard InChI is InChI=1S/C15H13ClO5/c1-8(17)20-13-7-14(19-3)15(21-9(2)18)11-5-4-10(16)6-12(11)13/h4-7H,1-3H3. The number of hydrogen-bond donors (Lipinski definition) is 0. The van der Waals surface area contributed by atoms with Crippen LogP contribution < -0.4 is 14.2 Å². The van der Waals surface area contributed by atoms with Gasteiger partial charge in [0.25, 0.3) is 0 Å². The second kappa shape index (κ2) is 6.01. The third-order valence-electron chi connectivity index (χ3n) is 2.70. The van der Waals surface area contributed by atoms with Crippen LogP contribution in [0.15, 0.2) is 24.3 Å². The summed E-state index contributed by atoms with van der Waals surface area (Å²) < 4.78 is 15.6. The molecule has 0 bridgehead atoms. The number of benzene rings is 2. The molecule has 0 N–H and O–H groups in total. The van der Waals surface area contributed by atoms with Gasteiger partial charge in [-0.2, -0.15) is 0 Å². The van der Waals surface area contributed by atoms with Gasteiger partial charge in [-0.05, 0) is 18.2 Å². The molecule has 21 heavy (non-hydrogen) atoms. The molecule has 0 aliphatic carbocycles. The number of halogens is 1. The highest BCUT2D eigenvalue weighted by Gasteiger charge is 2.18. The van der Waals surface area contributed by atoms with Gasteiger partial charge in [0, 0.05) is 35.7 Å². The fourth-order valence-electron chi connectivity index (χ4n) is 1.95. The first kappa shape index (κ1) is 15.1. The van der Waals surface area contributed by atoms with Gasteiger partial charge in [-0.1, -0.05) is 11.6 Å². The predicted molar refractivity (Wildman–Crippen MR) is 78.1 cm³/mol. The highest BCUT2D eigenvalue weighted by molar-refractivity contribution is 6.31. The lowest BCUT2D eigenvalue weighted by Gasteiger charge is -2.14. The molecule has 6 heteroatoms. The first-order chi connectivity index (χ1) is 9.92. The Morgan fingerprint density at radius 3 is 2.19 bits per heavy atom. The molecule has 0 aromatic heterocycles. The van der Waals surface area contributed by atoms with Crippen molar-refractivity contribution >= 4 is 34.3 Å². The van der Waals surface area contributed by atoms with Crippen molar-refractivity contribution in [3.8, 4) is 17.2 Å². The summed E-state index contributed by atoms with van der Waals surface area (Å²) in [6.07, 6.45) is 0. The molecule has 0 amide bonds. The van der Waals surface area contributed by atoms with Crippen LogP contribution in [-0.4, -0.2) is 19.0 Å². The molecule has 110 valence electrons. The van der Waals surface area contributed by atoms with Gasteiger partial charge in [0.15, 0.2) is 11.5 Å². The normalized spacial score (nSPS) is 10.3. The summed E-state index contributed by atoms with van der Waals surface area (Å²) in [7, 11) is 1.43. The fraction of sp³-hybridized carbons (Fsp3) is 0.200. The maximum atomic E-state index is 11.3. The quantitative estimate of drug-likeness (QED) is 0.643. The van der Waals surface area contributed by atoms with Crippen LogP contribution >= 0.6 is 11.6 Å². The van der Waals surface area contributed by atoms with Crippen LogP contribution in [0.3, 0.4) is 0 Å². The van der Waals surface area contributed by atoms with E-state index in [1.165, 1.54) is 27.0 Å². The molecule has 0 aliphatic rings. The van der Waals surface area contributed by atoms with Crippen LogP contribution in [0, 0.1) is 0 Å². The van der Waals surface area contributed by atoms with E-state index in [0.29, 0.717) is 15.8 Å². The van der Waals surface area contributed by atoms with Gasteiger partial charge in [0.05, 0.1) is 7.11 Å². The van der Waals surface area contributed by atoms with Crippen molar-refractivity contribution in [2.75, 3.05) is 7.11 Å². The van der Waals surface area contributed by atoms with Gasteiger partial charge < -0.3 is 14.2 Å². The van der Waals surface area contributed by atoms with E-state index in [1.807, 2.05) is 0 Å². The van der Waals surface area contributed by atoms with E-state index in [2.05, 4.69) is 0 Å². The summed E-state index contributed by atoms with van der Waals surface area (Å²) in [5.41, 5.74) is 0. The Hall–Kier alpha value is -2.27. The van der Waals surface area contributed by atoms with Crippen molar-refractivity contribution in [1.29, 1.82) is 0 Å². The molecule has 0 spiro atoms. The van der Waals surface area contributed by atoms with Crippen LogP contribution in [0.4, 0.5) is 0 Å². The average molecular weight is 309 g/mol. The SMILES string of the molecule is COc1cc(OC(C)=O)c2cc(Cl)ccc2c1OC(C)=O. The molecule has 0 saturated carbocycles. The molecule has 2 aromatic carbocycles. The zero-order chi connectivity index (χ0) is 15.6. The highest BCUT2D eigenvalue weighted by atomic mass is 35.5. The molecule has 0 saturated heterocycles. The lowest BCUT2D eigenvalue weighted by Crippen LogP contribution is -2.06. The Kier molecular flexibility index (Phi) is 4.33. The number of hydrogen-bond acceptors (Lipinski definition) is 5. The van der Waals surface area contributed by atoms with E-state index in [1.54, 1.807) is 18.2 Å². The molecule has 0 heterocycles. The fourth-order valence-corrected chi connectivity index (χ4v) is 2.13. The Morgan fingerprint density at radius 1 is 0.952 bits per heavy atom. The average Bonchev–Trinajstić information content (AvgIpc) is 2.40. The third-order valence-corrected chi connectivity index (χ3v) is 2.93. The van der Waals surface area contributed by atoms with Crippen molar-refractivity contribution in [3.63, 3.8) is 0 Å². The Labute approximate surface area is 126 Å². The maximum absolute atomic E-state index is 11.3. The third kappa shape index (κ3) is 3.25. The zero-order valence-corrected chi connectivity index (χ0v) is 12.5. The smallest absolute Gasteiger partial charge is 0.308 e. The highest BCUT2D eigenvalue weighted by Crippen LogP contribution is 2.42. The van der Waals surface area contributed by atoms with Gasteiger partial charge in [-0.3, -0.25) is 9.59 Å². The number of fused-ring (bicyclic) bond motifs is 1. The van der Waals surface area contributed by atoms with Crippen LogP contribution in [0.25, 0.3) is 10.8 Å². The molecular formula is C15H13ClO5. The predicted octanol–water partition coefficient (Wildman–Crippen LogP) is 3.35. The molecule has 0 fully saturated rings. The van der Waals surface area contributed by atoms with Crippen molar-refractivity contribution < 1.29 is 23.8 Å². The topological polar surface area (TPSA) is 61.8 Å². The molecule has 5 nitrogen and oxygen atoms in total. The minimum absolute atomic E-state index is 0.257. The lowest BCUT2D eigenvalue weighted by molar-refractivity contribution is -0.133. The number of esters is 2.